The number of unbranched alkanes of at least 4 members (excludes halogenated alkanes) is 4. The topological polar surface area (TPSA) is 0 Å². The molecule has 3 aromatic carbocycles. The largest absolute Gasteiger partial charge is 2.00 e. The normalized spacial score (nSPS) is 13.2. The van der Waals surface area contributed by atoms with Crippen molar-refractivity contribution in [2.24, 2.45) is 0 Å². The van der Waals surface area contributed by atoms with Gasteiger partial charge in [0.25, 0.3) is 0 Å². The molecule has 198 valence electrons. The van der Waals surface area contributed by atoms with Gasteiger partial charge in [-0.1, -0.05) is 98.9 Å². The minimum atomic E-state index is 0. The molecule has 0 radical (unpaired) electrons. The standard InChI is InChI=1S/C36H36.2ClH.Zr/c1-3-5-7-9-13-27-17-22-34-31(25-27)26-36-33(29(21-24-35(34)36)14-10-8-6-4-2)23-20-30-19-18-28-15-11-12-16-32(28)30;;;/h11-12,15-19,21-22,24-25,30H,3-8,20,23,26H2,1-2H3;2*1H;/q;;;+2/p-2. The molecule has 39 heavy (non-hydrogen) atoms. The molecule has 0 saturated carbocycles. The van der Waals surface area contributed by atoms with Gasteiger partial charge in [0.15, 0.2) is 0 Å². The Kier molecular flexibility index (Phi) is 13.9. The minimum absolute atomic E-state index is 0. The van der Waals surface area contributed by atoms with Crippen LogP contribution in [0.3, 0.4) is 0 Å². The van der Waals surface area contributed by atoms with E-state index < -0.39 is 0 Å². The minimum Gasteiger partial charge on any atom is -1.00 e. The molecule has 1 atom stereocenters. The first-order valence-electron chi connectivity index (χ1n) is 13.8. The van der Waals surface area contributed by atoms with E-state index in [1.807, 2.05) is 0 Å². The Bertz CT molecular complexity index is 1410. The third-order valence-electron chi connectivity index (χ3n) is 7.57. The van der Waals surface area contributed by atoms with Crippen LogP contribution >= 0.6 is 0 Å². The van der Waals surface area contributed by atoms with Crippen molar-refractivity contribution in [2.75, 3.05) is 0 Å². The first-order chi connectivity index (χ1) is 17.8. The fourth-order valence-electron chi connectivity index (χ4n) is 5.55. The molecule has 0 heterocycles. The zero-order chi connectivity index (χ0) is 24.7. The molecule has 0 fully saturated rings. The molecular weight excluding hydrogens is 595 g/mol. The predicted molar refractivity (Wildman–Crippen MR) is 154 cm³/mol. The monoisotopic (exact) mass is 628 g/mol. The zero-order valence-electron chi connectivity index (χ0n) is 23.0. The predicted octanol–water partition coefficient (Wildman–Crippen LogP) is 3.09. The van der Waals surface area contributed by atoms with E-state index in [-0.39, 0.29) is 51.0 Å². The average molecular weight is 631 g/mol. The summed E-state index contributed by atoms with van der Waals surface area (Å²) in [4.78, 5) is 0. The van der Waals surface area contributed by atoms with Crippen molar-refractivity contribution in [2.45, 2.75) is 77.6 Å². The summed E-state index contributed by atoms with van der Waals surface area (Å²) < 4.78 is 0. The third-order valence-corrected chi connectivity index (χ3v) is 7.57. The Morgan fingerprint density at radius 1 is 0.821 bits per heavy atom. The number of fused-ring (bicyclic) bond motifs is 4. The SMILES string of the molecule is CCCCC#Cc1ccc2c(c1)Cc1c-2ccc(C#CCCCC)c1CCC1C=Cc2ccccc21.[Cl-].[Cl-].[Zr+2]. The summed E-state index contributed by atoms with van der Waals surface area (Å²) in [5.74, 6) is 14.3. The molecule has 3 heteroatoms. The van der Waals surface area contributed by atoms with Crippen LogP contribution < -0.4 is 24.8 Å². The van der Waals surface area contributed by atoms with Crippen LogP contribution in [-0.2, 0) is 39.0 Å². The van der Waals surface area contributed by atoms with Crippen LogP contribution in [0.15, 0.2) is 60.7 Å². The first kappa shape index (κ1) is 33.2. The Hall–Kier alpha value is -2.02. The molecule has 0 saturated heterocycles. The van der Waals surface area contributed by atoms with Gasteiger partial charge in [-0.05, 0) is 89.2 Å². The van der Waals surface area contributed by atoms with Crippen LogP contribution in [0.1, 0.15) is 104 Å². The van der Waals surface area contributed by atoms with Crippen molar-refractivity contribution in [1.29, 1.82) is 0 Å². The Morgan fingerprint density at radius 3 is 2.31 bits per heavy atom. The molecule has 2 aliphatic carbocycles. The third kappa shape index (κ3) is 7.80. The van der Waals surface area contributed by atoms with Crippen LogP contribution in [0.25, 0.3) is 17.2 Å². The Balaban J connectivity index is 0.00000178. The molecule has 0 nitrogen and oxygen atoms in total. The van der Waals surface area contributed by atoms with E-state index in [1.54, 1.807) is 0 Å². The molecule has 0 aliphatic heterocycles. The summed E-state index contributed by atoms with van der Waals surface area (Å²) in [6, 6.07) is 20.2. The van der Waals surface area contributed by atoms with Crippen molar-refractivity contribution in [1.82, 2.24) is 0 Å². The number of rotatable bonds is 7. The van der Waals surface area contributed by atoms with Gasteiger partial charge in [-0.3, -0.25) is 0 Å². The van der Waals surface area contributed by atoms with Crippen molar-refractivity contribution >= 4 is 6.08 Å². The van der Waals surface area contributed by atoms with Gasteiger partial charge in [0.2, 0.25) is 0 Å². The van der Waals surface area contributed by atoms with Gasteiger partial charge in [-0.15, -0.1) is 0 Å². The summed E-state index contributed by atoms with van der Waals surface area (Å²) in [5, 5.41) is 0. The van der Waals surface area contributed by atoms with Crippen LogP contribution in [0.5, 0.6) is 0 Å². The summed E-state index contributed by atoms with van der Waals surface area (Å²) in [5.41, 5.74) is 12.3. The van der Waals surface area contributed by atoms with E-state index in [9.17, 15) is 0 Å². The molecule has 0 bridgehead atoms. The zero-order valence-corrected chi connectivity index (χ0v) is 27.0. The number of hydrogen-bond acceptors (Lipinski definition) is 0. The molecule has 2 aliphatic rings. The molecule has 0 spiro atoms. The smallest absolute Gasteiger partial charge is 1.00 e. The first-order valence-corrected chi connectivity index (χ1v) is 13.8. The molecule has 5 rings (SSSR count). The van der Waals surface area contributed by atoms with Gasteiger partial charge >= 0.3 is 26.2 Å². The van der Waals surface area contributed by atoms with Gasteiger partial charge < -0.3 is 24.8 Å². The van der Waals surface area contributed by atoms with Crippen LogP contribution in [0, 0.1) is 23.7 Å². The number of hydrogen-bond donors (Lipinski definition) is 0. The van der Waals surface area contributed by atoms with Crippen molar-refractivity contribution in [3.05, 3.63) is 99.6 Å². The average Bonchev–Trinajstić information content (AvgIpc) is 3.49. The van der Waals surface area contributed by atoms with E-state index in [4.69, 9.17) is 0 Å². The van der Waals surface area contributed by atoms with Gasteiger partial charge in [0, 0.05) is 29.9 Å². The summed E-state index contributed by atoms with van der Waals surface area (Å²) in [6.07, 6.45) is 14.5. The molecular formula is C36H36Cl2Zr. The van der Waals surface area contributed by atoms with Gasteiger partial charge in [-0.2, -0.15) is 0 Å². The maximum Gasteiger partial charge on any atom is 2.00 e. The summed E-state index contributed by atoms with van der Waals surface area (Å²) >= 11 is 0. The van der Waals surface area contributed by atoms with E-state index in [0.29, 0.717) is 5.92 Å². The van der Waals surface area contributed by atoms with E-state index in [0.717, 1.165) is 37.7 Å². The van der Waals surface area contributed by atoms with Gasteiger partial charge in [0.1, 0.15) is 0 Å². The van der Waals surface area contributed by atoms with E-state index in [2.05, 4.69) is 104 Å². The number of benzene rings is 3. The van der Waals surface area contributed by atoms with Crippen molar-refractivity contribution in [3.8, 4) is 34.8 Å². The molecule has 0 aromatic heterocycles. The number of allylic oxidation sites excluding steroid dienone is 1. The molecule has 0 N–H and O–H groups in total. The summed E-state index contributed by atoms with van der Waals surface area (Å²) in [7, 11) is 0. The number of halogens is 2. The maximum absolute atomic E-state index is 3.56. The van der Waals surface area contributed by atoms with Crippen LogP contribution in [0.2, 0.25) is 0 Å². The fourth-order valence-corrected chi connectivity index (χ4v) is 5.55. The van der Waals surface area contributed by atoms with Gasteiger partial charge in [0.05, 0.1) is 0 Å². The molecule has 1 unspecified atom stereocenters. The van der Waals surface area contributed by atoms with Crippen LogP contribution in [-0.4, -0.2) is 0 Å². The second kappa shape index (κ2) is 16.3. The quantitative estimate of drug-likeness (QED) is 0.218. The Morgan fingerprint density at radius 2 is 1.54 bits per heavy atom. The van der Waals surface area contributed by atoms with E-state index in [1.165, 1.54) is 70.2 Å². The van der Waals surface area contributed by atoms with E-state index >= 15 is 0 Å². The van der Waals surface area contributed by atoms with Crippen molar-refractivity contribution in [3.63, 3.8) is 0 Å². The molecule has 3 aromatic rings. The van der Waals surface area contributed by atoms with Crippen LogP contribution in [0.4, 0.5) is 0 Å². The second-order valence-corrected chi connectivity index (χ2v) is 10.1. The summed E-state index contributed by atoms with van der Waals surface area (Å²) in [6.45, 7) is 4.45. The fraction of sp³-hybridized carbons (Fsp3) is 0.333. The van der Waals surface area contributed by atoms with Gasteiger partial charge in [-0.25, -0.2) is 0 Å². The van der Waals surface area contributed by atoms with Crippen molar-refractivity contribution < 1.29 is 51.0 Å². The second-order valence-electron chi connectivity index (χ2n) is 10.1. The Labute approximate surface area is 267 Å². The molecule has 0 amide bonds. The maximum atomic E-state index is 3.56.